The van der Waals surface area contributed by atoms with Crippen molar-refractivity contribution in [3.05, 3.63) is 30.3 Å². The number of guanidine groups is 1. The molecule has 110 valence electrons. The standard InChI is InChI=1S/C15H17N3O2S/c1-19-13-9-12(14(20-2)21-13)10-3-5-11(6-4-10)18-15-16-7-8-17-15/h3-6,9H,7-8H2,1-2H3,(H2,16,17,18). The summed E-state index contributed by atoms with van der Waals surface area (Å²) in [5, 5.41) is 8.13. The molecule has 0 radical (unpaired) electrons. The minimum atomic E-state index is 0.826. The van der Waals surface area contributed by atoms with Crippen molar-refractivity contribution >= 4 is 23.0 Å². The van der Waals surface area contributed by atoms with Gasteiger partial charge in [-0.15, -0.1) is 0 Å². The van der Waals surface area contributed by atoms with Crippen LogP contribution in [-0.2, 0) is 0 Å². The summed E-state index contributed by atoms with van der Waals surface area (Å²) < 4.78 is 10.7. The molecule has 0 saturated carbocycles. The molecule has 0 spiro atoms. The van der Waals surface area contributed by atoms with Crippen molar-refractivity contribution in [1.82, 2.24) is 5.32 Å². The molecule has 3 rings (SSSR count). The summed E-state index contributed by atoms with van der Waals surface area (Å²) >= 11 is 1.50. The topological polar surface area (TPSA) is 54.9 Å². The van der Waals surface area contributed by atoms with Gasteiger partial charge in [0.05, 0.1) is 20.8 Å². The summed E-state index contributed by atoms with van der Waals surface area (Å²) in [6, 6.07) is 10.2. The summed E-state index contributed by atoms with van der Waals surface area (Å²) in [6.07, 6.45) is 0. The maximum absolute atomic E-state index is 5.41. The minimum Gasteiger partial charge on any atom is -0.487 e. The lowest BCUT2D eigenvalue weighted by Gasteiger charge is -2.08. The van der Waals surface area contributed by atoms with Crippen LogP contribution in [0.1, 0.15) is 0 Å². The molecule has 5 nitrogen and oxygen atoms in total. The van der Waals surface area contributed by atoms with E-state index in [-0.39, 0.29) is 0 Å². The molecule has 0 amide bonds. The van der Waals surface area contributed by atoms with Crippen LogP contribution in [0.5, 0.6) is 10.1 Å². The molecule has 1 aliphatic heterocycles. The Bertz CT molecular complexity index is 649. The van der Waals surface area contributed by atoms with Crippen LogP contribution in [0.3, 0.4) is 0 Å². The molecule has 0 atom stereocenters. The van der Waals surface area contributed by atoms with E-state index in [1.54, 1.807) is 14.2 Å². The van der Waals surface area contributed by atoms with Gasteiger partial charge >= 0.3 is 0 Å². The number of thiophene rings is 1. The first-order valence-corrected chi connectivity index (χ1v) is 7.49. The summed E-state index contributed by atoms with van der Waals surface area (Å²) in [7, 11) is 3.34. The molecule has 2 heterocycles. The lowest BCUT2D eigenvalue weighted by atomic mass is 10.1. The zero-order chi connectivity index (χ0) is 14.7. The third-order valence-electron chi connectivity index (χ3n) is 3.19. The number of nitrogens with zero attached hydrogens (tertiary/aromatic N) is 1. The molecule has 2 aromatic rings. The first kappa shape index (κ1) is 13.8. The molecule has 0 unspecified atom stereocenters. The number of hydrogen-bond donors (Lipinski definition) is 2. The van der Waals surface area contributed by atoms with Crippen LogP contribution in [0, 0.1) is 0 Å². The molecule has 1 aromatic heterocycles. The quantitative estimate of drug-likeness (QED) is 0.912. The average Bonchev–Trinajstić information content (AvgIpc) is 3.17. The Morgan fingerprint density at radius 2 is 2.00 bits per heavy atom. The fourth-order valence-electron chi connectivity index (χ4n) is 2.16. The Balaban J connectivity index is 1.81. The molecule has 1 aromatic carbocycles. The third-order valence-corrected chi connectivity index (χ3v) is 4.25. The van der Waals surface area contributed by atoms with E-state index in [0.717, 1.165) is 46.0 Å². The molecular weight excluding hydrogens is 286 g/mol. The van der Waals surface area contributed by atoms with Gasteiger partial charge in [0.25, 0.3) is 0 Å². The second kappa shape index (κ2) is 6.05. The van der Waals surface area contributed by atoms with Gasteiger partial charge in [0.1, 0.15) is 0 Å². The van der Waals surface area contributed by atoms with Gasteiger partial charge < -0.3 is 20.1 Å². The van der Waals surface area contributed by atoms with Gasteiger partial charge in [0.2, 0.25) is 0 Å². The highest BCUT2D eigenvalue weighted by Gasteiger charge is 2.12. The molecule has 21 heavy (non-hydrogen) atoms. The average molecular weight is 303 g/mol. The maximum Gasteiger partial charge on any atom is 0.195 e. The van der Waals surface area contributed by atoms with Gasteiger partial charge in [0, 0.05) is 23.9 Å². The number of hydrogen-bond acceptors (Lipinski definition) is 6. The van der Waals surface area contributed by atoms with Crippen molar-refractivity contribution in [1.29, 1.82) is 0 Å². The number of ether oxygens (including phenoxy) is 2. The van der Waals surface area contributed by atoms with E-state index in [4.69, 9.17) is 9.47 Å². The van der Waals surface area contributed by atoms with Crippen molar-refractivity contribution in [3.63, 3.8) is 0 Å². The van der Waals surface area contributed by atoms with E-state index < -0.39 is 0 Å². The van der Waals surface area contributed by atoms with E-state index in [1.165, 1.54) is 11.3 Å². The maximum atomic E-state index is 5.41. The number of benzene rings is 1. The normalized spacial score (nSPS) is 13.5. The molecular formula is C15H17N3O2S. The van der Waals surface area contributed by atoms with Gasteiger partial charge in [-0.2, -0.15) is 0 Å². The van der Waals surface area contributed by atoms with E-state index in [9.17, 15) is 0 Å². The second-order valence-corrected chi connectivity index (χ2v) is 5.51. The highest BCUT2D eigenvalue weighted by atomic mass is 32.1. The molecule has 0 fully saturated rings. The lowest BCUT2D eigenvalue weighted by Crippen LogP contribution is -2.26. The minimum absolute atomic E-state index is 0.826. The van der Waals surface area contributed by atoms with Gasteiger partial charge in [-0.3, -0.25) is 4.99 Å². The Morgan fingerprint density at radius 1 is 1.19 bits per heavy atom. The van der Waals surface area contributed by atoms with Crippen molar-refractivity contribution in [2.75, 3.05) is 32.6 Å². The lowest BCUT2D eigenvalue weighted by molar-refractivity contribution is 0.424. The monoisotopic (exact) mass is 303 g/mol. The van der Waals surface area contributed by atoms with Crippen molar-refractivity contribution in [2.45, 2.75) is 0 Å². The van der Waals surface area contributed by atoms with Gasteiger partial charge in [-0.25, -0.2) is 0 Å². The van der Waals surface area contributed by atoms with Crippen molar-refractivity contribution < 1.29 is 9.47 Å². The van der Waals surface area contributed by atoms with Crippen LogP contribution in [0.2, 0.25) is 0 Å². The largest absolute Gasteiger partial charge is 0.487 e. The number of anilines is 1. The molecule has 0 saturated heterocycles. The van der Waals surface area contributed by atoms with E-state index in [0.29, 0.717) is 0 Å². The summed E-state index contributed by atoms with van der Waals surface area (Å²) in [6.45, 7) is 1.72. The molecule has 0 aliphatic carbocycles. The highest BCUT2D eigenvalue weighted by Crippen LogP contribution is 2.42. The van der Waals surface area contributed by atoms with Crippen LogP contribution >= 0.6 is 11.3 Å². The van der Waals surface area contributed by atoms with Crippen LogP contribution in [0.15, 0.2) is 35.3 Å². The molecule has 2 N–H and O–H groups in total. The Morgan fingerprint density at radius 3 is 2.62 bits per heavy atom. The third kappa shape index (κ3) is 2.95. The van der Waals surface area contributed by atoms with Gasteiger partial charge in [-0.1, -0.05) is 23.5 Å². The second-order valence-electron chi connectivity index (χ2n) is 4.53. The first-order chi connectivity index (χ1) is 10.3. The molecule has 0 bridgehead atoms. The SMILES string of the molecule is COc1cc(-c2ccc(NC3=NCCN3)cc2)c(OC)s1. The summed E-state index contributed by atoms with van der Waals surface area (Å²) in [5.41, 5.74) is 3.15. The Hall–Kier alpha value is -2.21. The van der Waals surface area contributed by atoms with Crippen LogP contribution in [-0.4, -0.2) is 33.3 Å². The van der Waals surface area contributed by atoms with Crippen LogP contribution in [0.25, 0.3) is 11.1 Å². The van der Waals surface area contributed by atoms with Gasteiger partial charge in [-0.05, 0) is 17.7 Å². The van der Waals surface area contributed by atoms with Crippen LogP contribution < -0.4 is 20.1 Å². The Kier molecular flexibility index (Phi) is 3.96. The zero-order valence-corrected chi connectivity index (χ0v) is 12.8. The van der Waals surface area contributed by atoms with Crippen LogP contribution in [0.4, 0.5) is 5.69 Å². The zero-order valence-electron chi connectivity index (χ0n) is 12.0. The van der Waals surface area contributed by atoms with Crippen molar-refractivity contribution in [3.8, 4) is 21.3 Å². The van der Waals surface area contributed by atoms with Gasteiger partial charge in [0.15, 0.2) is 16.1 Å². The predicted octanol–water partition coefficient (Wildman–Crippen LogP) is 2.80. The number of aliphatic imine (C=N–C) groups is 1. The number of nitrogens with one attached hydrogen (secondary N) is 2. The van der Waals surface area contributed by atoms with E-state index in [1.807, 2.05) is 18.2 Å². The molecule has 1 aliphatic rings. The van der Waals surface area contributed by atoms with E-state index in [2.05, 4.69) is 27.8 Å². The highest BCUT2D eigenvalue weighted by molar-refractivity contribution is 7.16. The molecule has 6 heteroatoms. The van der Waals surface area contributed by atoms with E-state index >= 15 is 0 Å². The number of rotatable bonds is 4. The first-order valence-electron chi connectivity index (χ1n) is 6.68. The van der Waals surface area contributed by atoms with Crippen molar-refractivity contribution in [2.24, 2.45) is 4.99 Å². The number of methoxy groups -OCH3 is 2. The summed E-state index contributed by atoms with van der Waals surface area (Å²) in [4.78, 5) is 4.31. The fraction of sp³-hybridized carbons (Fsp3) is 0.267. The Labute approximate surface area is 127 Å². The predicted molar refractivity (Wildman–Crippen MR) is 86.8 cm³/mol. The smallest absolute Gasteiger partial charge is 0.195 e. The summed E-state index contributed by atoms with van der Waals surface area (Å²) in [5.74, 6) is 0.831. The fourth-order valence-corrected chi connectivity index (χ4v) is 2.97.